The minimum atomic E-state index is -4.58. The fourth-order valence-corrected chi connectivity index (χ4v) is 8.89. The number of halogens is 3. The van der Waals surface area contributed by atoms with Crippen LogP contribution in [-0.4, -0.2) is 37.9 Å². The number of hydrogen-bond acceptors (Lipinski definition) is 4. The number of piperidine rings is 1. The van der Waals surface area contributed by atoms with Gasteiger partial charge in [-0.2, -0.15) is 17.5 Å². The van der Waals surface area contributed by atoms with Gasteiger partial charge in [-0.3, -0.25) is 0 Å². The van der Waals surface area contributed by atoms with Gasteiger partial charge in [-0.05, 0) is 93.2 Å². The normalized spacial score (nSPS) is 33.6. The Bertz CT molecular complexity index is 1000. The lowest BCUT2D eigenvalue weighted by Crippen LogP contribution is -2.59. The van der Waals surface area contributed by atoms with Crippen LogP contribution >= 0.6 is 0 Å². The number of nitrogens with zero attached hydrogens (tertiary/aromatic N) is 1. The molecular weight excluding hydrogens is 463 g/mol. The summed E-state index contributed by atoms with van der Waals surface area (Å²) in [6.07, 6.45) is 4.73. The van der Waals surface area contributed by atoms with Gasteiger partial charge in [0.2, 0.25) is 10.0 Å². The molecule has 0 radical (unpaired) electrons. The van der Waals surface area contributed by atoms with Gasteiger partial charge in [0, 0.05) is 25.2 Å². The van der Waals surface area contributed by atoms with Gasteiger partial charge in [-0.1, -0.05) is 12.6 Å². The lowest BCUT2D eigenvalue weighted by Gasteiger charge is -2.57. The highest BCUT2D eigenvalue weighted by Crippen LogP contribution is 2.55. The van der Waals surface area contributed by atoms with E-state index in [-0.39, 0.29) is 22.9 Å². The van der Waals surface area contributed by atoms with Crippen LogP contribution in [0.4, 0.5) is 13.2 Å². The standard InChI is InChI=1S/C25H34F3N3O2S/c1-17(30-24-12-19-8-20(13-24)10-21(9-19)14-24)29-15-18-4-3-7-31(16-18)34(32,33)23-6-2-5-22(11-23)25(26,27)28/h2,5-6,11,18-21,29-30H,1,3-4,7-10,12-16H2. The van der Waals surface area contributed by atoms with E-state index in [0.717, 1.165) is 48.2 Å². The maximum atomic E-state index is 13.1. The van der Waals surface area contributed by atoms with Crippen molar-refractivity contribution in [2.24, 2.45) is 23.7 Å². The molecule has 0 aromatic heterocycles. The summed E-state index contributed by atoms with van der Waals surface area (Å²) in [6, 6.07) is 4.02. The molecule has 1 atom stereocenters. The van der Waals surface area contributed by atoms with Gasteiger partial charge in [0.15, 0.2) is 0 Å². The summed E-state index contributed by atoms with van der Waals surface area (Å²) in [4.78, 5) is -0.302. The number of sulfonamides is 1. The van der Waals surface area contributed by atoms with Crippen molar-refractivity contribution in [1.29, 1.82) is 0 Å². The molecule has 9 heteroatoms. The van der Waals surface area contributed by atoms with Crippen molar-refractivity contribution >= 4 is 10.0 Å². The Morgan fingerprint density at radius 2 is 1.76 bits per heavy atom. The van der Waals surface area contributed by atoms with Gasteiger partial charge >= 0.3 is 6.18 Å². The van der Waals surface area contributed by atoms with Crippen LogP contribution in [-0.2, 0) is 16.2 Å². The Hall–Kier alpha value is -1.74. The smallest absolute Gasteiger partial charge is 0.372 e. The highest BCUT2D eigenvalue weighted by molar-refractivity contribution is 7.89. The van der Waals surface area contributed by atoms with Gasteiger partial charge in [-0.25, -0.2) is 8.42 Å². The summed E-state index contributed by atoms with van der Waals surface area (Å²) in [5.74, 6) is 3.38. The molecule has 1 heterocycles. The van der Waals surface area contributed by atoms with Gasteiger partial charge in [-0.15, -0.1) is 0 Å². The lowest BCUT2D eigenvalue weighted by atomic mass is 9.53. The minimum absolute atomic E-state index is 0.0734. The van der Waals surface area contributed by atoms with Crippen LogP contribution in [0.5, 0.6) is 0 Å². The van der Waals surface area contributed by atoms with E-state index < -0.39 is 21.8 Å². The fourth-order valence-electron chi connectivity index (χ4n) is 7.29. The quantitative estimate of drug-likeness (QED) is 0.572. The molecule has 4 saturated carbocycles. The number of rotatable bonds is 7. The molecule has 5 aliphatic rings. The molecule has 1 unspecified atom stereocenters. The van der Waals surface area contributed by atoms with E-state index >= 15 is 0 Å². The van der Waals surface area contributed by atoms with Gasteiger partial charge < -0.3 is 10.6 Å². The number of alkyl halides is 3. The Labute approximate surface area is 200 Å². The van der Waals surface area contributed by atoms with E-state index in [1.54, 1.807) is 0 Å². The zero-order valence-electron chi connectivity index (χ0n) is 19.4. The average molecular weight is 498 g/mol. The molecule has 1 aromatic rings. The lowest BCUT2D eigenvalue weighted by molar-refractivity contribution is -0.137. The van der Waals surface area contributed by atoms with Crippen molar-refractivity contribution in [2.75, 3.05) is 19.6 Å². The fraction of sp³-hybridized carbons (Fsp3) is 0.680. The molecule has 5 nitrogen and oxygen atoms in total. The van der Waals surface area contributed by atoms with Crippen molar-refractivity contribution in [2.45, 2.75) is 68.0 Å². The zero-order valence-corrected chi connectivity index (χ0v) is 20.2. The van der Waals surface area contributed by atoms with E-state index in [0.29, 0.717) is 19.5 Å². The van der Waals surface area contributed by atoms with Crippen molar-refractivity contribution in [3.63, 3.8) is 0 Å². The van der Waals surface area contributed by atoms with Gasteiger partial charge in [0.25, 0.3) is 0 Å². The second kappa shape index (κ2) is 8.73. The highest BCUT2D eigenvalue weighted by Gasteiger charge is 2.51. The Balaban J connectivity index is 1.18. The van der Waals surface area contributed by atoms with Crippen LogP contribution in [0.3, 0.4) is 0 Å². The van der Waals surface area contributed by atoms with E-state index in [2.05, 4.69) is 17.2 Å². The van der Waals surface area contributed by atoms with Crippen LogP contribution in [0.1, 0.15) is 56.9 Å². The van der Waals surface area contributed by atoms with E-state index in [1.165, 1.54) is 48.9 Å². The van der Waals surface area contributed by atoms with Gasteiger partial charge in [0.1, 0.15) is 0 Å². The van der Waals surface area contributed by atoms with Crippen molar-refractivity contribution in [3.05, 3.63) is 42.2 Å². The molecule has 1 aliphatic heterocycles. The monoisotopic (exact) mass is 497 g/mol. The maximum absolute atomic E-state index is 13.1. The average Bonchev–Trinajstić information content (AvgIpc) is 2.76. The molecule has 4 bridgehead atoms. The van der Waals surface area contributed by atoms with Crippen LogP contribution < -0.4 is 10.6 Å². The summed E-state index contributed by atoms with van der Waals surface area (Å²) < 4.78 is 66.7. The molecule has 34 heavy (non-hydrogen) atoms. The Morgan fingerprint density at radius 3 is 2.38 bits per heavy atom. The number of benzene rings is 1. The van der Waals surface area contributed by atoms with Crippen LogP contribution in [0.15, 0.2) is 41.6 Å². The number of hydrogen-bond donors (Lipinski definition) is 2. The third kappa shape index (κ3) is 4.83. The zero-order chi connectivity index (χ0) is 24.1. The van der Waals surface area contributed by atoms with E-state index in [1.807, 2.05) is 0 Å². The molecule has 2 N–H and O–H groups in total. The van der Waals surface area contributed by atoms with E-state index in [9.17, 15) is 21.6 Å². The predicted octanol–water partition coefficient (Wildman–Crippen LogP) is 4.73. The largest absolute Gasteiger partial charge is 0.416 e. The Kier molecular flexibility index (Phi) is 6.16. The first-order chi connectivity index (χ1) is 16.0. The van der Waals surface area contributed by atoms with Crippen LogP contribution in [0.25, 0.3) is 0 Å². The summed E-state index contributed by atoms with van der Waals surface area (Å²) in [6.45, 7) is 5.40. The molecule has 0 spiro atoms. The predicted molar refractivity (Wildman–Crippen MR) is 124 cm³/mol. The third-order valence-corrected chi connectivity index (χ3v) is 10.2. The molecular formula is C25H34F3N3O2S. The van der Waals surface area contributed by atoms with Gasteiger partial charge in [0.05, 0.1) is 16.3 Å². The second-order valence-electron chi connectivity index (χ2n) is 11.1. The first-order valence-corrected chi connectivity index (χ1v) is 13.8. The molecule has 5 fully saturated rings. The molecule has 0 amide bonds. The summed E-state index contributed by atoms with van der Waals surface area (Å²) in [7, 11) is -3.99. The summed E-state index contributed by atoms with van der Waals surface area (Å²) in [5, 5.41) is 7.10. The van der Waals surface area contributed by atoms with E-state index in [4.69, 9.17) is 0 Å². The SMILES string of the molecule is C=C(NCC1CCCN(S(=O)(=O)c2cccc(C(F)(F)F)c2)C1)NC12CC3CC(CC(C3)C1)C2. The first-order valence-electron chi connectivity index (χ1n) is 12.4. The Morgan fingerprint density at radius 1 is 1.12 bits per heavy atom. The van der Waals surface area contributed by atoms with Crippen molar-refractivity contribution < 1.29 is 21.6 Å². The number of nitrogens with one attached hydrogen (secondary N) is 2. The van der Waals surface area contributed by atoms with Crippen LogP contribution in [0, 0.1) is 23.7 Å². The third-order valence-electron chi connectivity index (χ3n) is 8.34. The summed E-state index contributed by atoms with van der Waals surface area (Å²) >= 11 is 0. The highest BCUT2D eigenvalue weighted by atomic mass is 32.2. The van der Waals surface area contributed by atoms with Crippen molar-refractivity contribution in [3.8, 4) is 0 Å². The topological polar surface area (TPSA) is 61.4 Å². The van der Waals surface area contributed by atoms with Crippen molar-refractivity contribution in [1.82, 2.24) is 14.9 Å². The maximum Gasteiger partial charge on any atom is 0.416 e. The molecule has 1 aromatic carbocycles. The molecule has 6 rings (SSSR count). The molecule has 188 valence electrons. The molecule has 4 aliphatic carbocycles. The molecule has 1 saturated heterocycles. The minimum Gasteiger partial charge on any atom is -0.372 e. The first kappa shape index (κ1) is 24.0. The summed E-state index contributed by atoms with van der Waals surface area (Å²) in [5.41, 5.74) is -0.791. The van der Waals surface area contributed by atoms with Crippen LogP contribution in [0.2, 0.25) is 0 Å². The second-order valence-corrected chi connectivity index (χ2v) is 13.0.